The Kier molecular flexibility index (Phi) is 2.19. The van der Waals surface area contributed by atoms with Crippen LogP contribution in [0.25, 0.3) is 5.57 Å². The lowest BCUT2D eigenvalue weighted by Gasteiger charge is -2.13. The van der Waals surface area contributed by atoms with Crippen LogP contribution in [0.1, 0.15) is 5.69 Å². The van der Waals surface area contributed by atoms with Crippen molar-refractivity contribution in [3.63, 3.8) is 0 Å². The van der Waals surface area contributed by atoms with Crippen molar-refractivity contribution in [2.24, 2.45) is 4.99 Å². The minimum Gasteiger partial charge on any atom is -0.270 e. The molecule has 68 valence electrons. The van der Waals surface area contributed by atoms with Gasteiger partial charge in [-0.1, -0.05) is 0 Å². The quantitative estimate of drug-likeness (QED) is 0.602. The zero-order chi connectivity index (χ0) is 9.80. The number of nitrogens with zero attached hydrogens (tertiary/aromatic N) is 5. The fourth-order valence-corrected chi connectivity index (χ4v) is 1.12. The van der Waals surface area contributed by atoms with E-state index in [-0.39, 0.29) is 0 Å². The fraction of sp³-hybridized carbons (Fsp3) is 0.111. The first-order valence-electron chi connectivity index (χ1n) is 4.04. The van der Waals surface area contributed by atoms with Crippen molar-refractivity contribution in [3.05, 3.63) is 30.5 Å². The number of aromatic nitrogens is 2. The lowest BCUT2D eigenvalue weighted by molar-refractivity contribution is 0.541. The molecule has 1 aliphatic rings. The van der Waals surface area contributed by atoms with Gasteiger partial charge in [0, 0.05) is 24.2 Å². The van der Waals surface area contributed by atoms with E-state index >= 15 is 0 Å². The van der Waals surface area contributed by atoms with Crippen molar-refractivity contribution in [3.8, 4) is 6.19 Å². The lowest BCUT2D eigenvalue weighted by Crippen LogP contribution is -2.15. The van der Waals surface area contributed by atoms with Crippen molar-refractivity contribution in [2.45, 2.75) is 0 Å². The first-order chi connectivity index (χ1) is 6.90. The largest absolute Gasteiger partial charge is 0.270 e. The van der Waals surface area contributed by atoms with E-state index in [1.165, 1.54) is 11.2 Å². The van der Waals surface area contributed by atoms with E-state index in [1.807, 2.05) is 6.19 Å². The molecule has 1 aliphatic heterocycles. The van der Waals surface area contributed by atoms with E-state index in [0.29, 0.717) is 6.67 Å². The van der Waals surface area contributed by atoms with Gasteiger partial charge in [0.2, 0.25) is 0 Å². The average Bonchev–Trinajstić information content (AvgIpc) is 2.30. The molecule has 0 radical (unpaired) electrons. The summed E-state index contributed by atoms with van der Waals surface area (Å²) in [5.41, 5.74) is 1.59. The van der Waals surface area contributed by atoms with Crippen LogP contribution >= 0.6 is 0 Å². The molecule has 0 atom stereocenters. The third kappa shape index (κ3) is 1.59. The number of nitriles is 1. The van der Waals surface area contributed by atoms with Gasteiger partial charge in [-0.25, -0.2) is 9.97 Å². The van der Waals surface area contributed by atoms with Gasteiger partial charge in [0.1, 0.15) is 13.0 Å². The highest BCUT2D eigenvalue weighted by Crippen LogP contribution is 2.12. The molecule has 0 spiro atoms. The van der Waals surface area contributed by atoms with Gasteiger partial charge in [-0.3, -0.25) is 9.89 Å². The third-order valence-corrected chi connectivity index (χ3v) is 1.77. The van der Waals surface area contributed by atoms with Gasteiger partial charge in [-0.15, -0.1) is 0 Å². The Labute approximate surface area is 81.0 Å². The van der Waals surface area contributed by atoms with Crippen molar-refractivity contribution in [1.29, 1.82) is 5.26 Å². The van der Waals surface area contributed by atoms with Crippen LogP contribution < -0.4 is 0 Å². The van der Waals surface area contributed by atoms with Gasteiger partial charge >= 0.3 is 0 Å². The molecule has 0 aromatic carbocycles. The van der Waals surface area contributed by atoms with Crippen LogP contribution in [-0.2, 0) is 0 Å². The predicted molar refractivity (Wildman–Crippen MR) is 50.8 cm³/mol. The Morgan fingerprint density at radius 3 is 3.14 bits per heavy atom. The first-order valence-corrected chi connectivity index (χ1v) is 4.04. The molecule has 1 aromatic heterocycles. The first kappa shape index (κ1) is 8.38. The lowest BCUT2D eigenvalue weighted by atomic mass is 10.2. The number of allylic oxidation sites excluding steroid dienone is 1. The second-order valence-corrected chi connectivity index (χ2v) is 2.70. The summed E-state index contributed by atoms with van der Waals surface area (Å²) < 4.78 is 0. The van der Waals surface area contributed by atoms with Crippen LogP contribution in [-0.4, -0.2) is 27.8 Å². The Morgan fingerprint density at radius 2 is 2.43 bits per heavy atom. The molecule has 1 aromatic rings. The van der Waals surface area contributed by atoms with Crippen LogP contribution in [0.5, 0.6) is 0 Å². The highest BCUT2D eigenvalue weighted by atomic mass is 15.2. The second-order valence-electron chi connectivity index (χ2n) is 2.70. The molecule has 0 fully saturated rings. The van der Waals surface area contributed by atoms with Crippen molar-refractivity contribution < 1.29 is 0 Å². The molecule has 5 heteroatoms. The normalized spacial score (nSPS) is 14.8. The molecule has 0 N–H and O–H groups in total. The standard InChI is InChI=1S/C9H7N5/c10-5-14-4-8(3-12-7-14)9-1-2-11-6-13-9/h1-4,6H,7H2. The molecule has 2 rings (SSSR count). The van der Waals surface area contributed by atoms with Gasteiger partial charge in [-0.05, 0) is 6.07 Å². The molecule has 0 unspecified atom stereocenters. The number of hydrogen-bond acceptors (Lipinski definition) is 5. The summed E-state index contributed by atoms with van der Waals surface area (Å²) in [5.74, 6) is 0. The topological polar surface area (TPSA) is 65.2 Å². The smallest absolute Gasteiger partial charge is 0.185 e. The molecular weight excluding hydrogens is 178 g/mol. The van der Waals surface area contributed by atoms with Crippen LogP contribution in [0.2, 0.25) is 0 Å². The summed E-state index contributed by atoms with van der Waals surface area (Å²) in [6, 6.07) is 1.78. The van der Waals surface area contributed by atoms with Crippen molar-refractivity contribution in [1.82, 2.24) is 14.9 Å². The molecule has 5 nitrogen and oxygen atoms in total. The number of rotatable bonds is 1. The van der Waals surface area contributed by atoms with E-state index in [0.717, 1.165) is 11.3 Å². The van der Waals surface area contributed by atoms with Gasteiger partial charge in [0.25, 0.3) is 0 Å². The molecular formula is C9H7N5. The molecule has 14 heavy (non-hydrogen) atoms. The van der Waals surface area contributed by atoms with Gasteiger partial charge in [-0.2, -0.15) is 5.26 Å². The van der Waals surface area contributed by atoms with Crippen molar-refractivity contribution >= 4 is 11.8 Å². The molecule has 0 aliphatic carbocycles. The summed E-state index contributed by atoms with van der Waals surface area (Å²) in [4.78, 5) is 13.4. The summed E-state index contributed by atoms with van der Waals surface area (Å²) in [6.45, 7) is 0.380. The Bertz CT molecular complexity index is 415. The minimum absolute atomic E-state index is 0.380. The average molecular weight is 185 g/mol. The Morgan fingerprint density at radius 1 is 1.50 bits per heavy atom. The zero-order valence-electron chi connectivity index (χ0n) is 7.33. The van der Waals surface area contributed by atoms with Gasteiger partial charge in [0.05, 0.1) is 5.69 Å². The van der Waals surface area contributed by atoms with Crippen LogP contribution in [0, 0.1) is 11.5 Å². The van der Waals surface area contributed by atoms with Crippen LogP contribution in [0.15, 0.2) is 29.8 Å². The van der Waals surface area contributed by atoms with E-state index in [2.05, 4.69) is 15.0 Å². The highest BCUT2D eigenvalue weighted by Gasteiger charge is 2.07. The minimum atomic E-state index is 0.380. The van der Waals surface area contributed by atoms with Gasteiger partial charge in [0.15, 0.2) is 6.19 Å². The second kappa shape index (κ2) is 3.66. The van der Waals surface area contributed by atoms with E-state index in [4.69, 9.17) is 5.26 Å². The Hall–Kier alpha value is -2.22. The molecule has 0 saturated carbocycles. The SMILES string of the molecule is N#CN1C=C(c2ccncn2)C=NC1. The maximum Gasteiger partial charge on any atom is 0.185 e. The maximum atomic E-state index is 8.68. The number of hydrogen-bond donors (Lipinski definition) is 0. The molecule has 0 amide bonds. The maximum absolute atomic E-state index is 8.68. The highest BCUT2D eigenvalue weighted by molar-refractivity contribution is 6.09. The zero-order valence-corrected chi connectivity index (χ0v) is 7.33. The van der Waals surface area contributed by atoms with E-state index in [9.17, 15) is 0 Å². The van der Waals surface area contributed by atoms with Gasteiger partial charge < -0.3 is 0 Å². The number of aliphatic imine (C=N–C) groups is 1. The van der Waals surface area contributed by atoms with E-state index in [1.54, 1.807) is 24.7 Å². The summed E-state index contributed by atoms with van der Waals surface area (Å²) in [6.07, 6.45) is 8.55. The molecule has 0 bridgehead atoms. The fourth-order valence-electron chi connectivity index (χ4n) is 1.12. The van der Waals surface area contributed by atoms with E-state index < -0.39 is 0 Å². The summed E-state index contributed by atoms with van der Waals surface area (Å²) in [5, 5.41) is 8.68. The summed E-state index contributed by atoms with van der Waals surface area (Å²) in [7, 11) is 0. The third-order valence-electron chi connectivity index (χ3n) is 1.77. The Balaban J connectivity index is 2.32. The van der Waals surface area contributed by atoms with Crippen LogP contribution in [0.3, 0.4) is 0 Å². The molecule has 0 saturated heterocycles. The molecule has 2 heterocycles. The summed E-state index contributed by atoms with van der Waals surface area (Å²) >= 11 is 0. The van der Waals surface area contributed by atoms with Crippen LogP contribution in [0.4, 0.5) is 0 Å². The predicted octanol–water partition coefficient (Wildman–Crippen LogP) is 0.642. The monoisotopic (exact) mass is 185 g/mol. The van der Waals surface area contributed by atoms with Crippen molar-refractivity contribution in [2.75, 3.05) is 6.67 Å².